The fourth-order valence-corrected chi connectivity index (χ4v) is 1.61. The first kappa shape index (κ1) is 18.0. The van der Waals surface area contributed by atoms with Gasteiger partial charge in [-0.05, 0) is 36.6 Å². The monoisotopic (exact) mass is 308 g/mol. The van der Waals surface area contributed by atoms with Crippen molar-refractivity contribution in [2.45, 2.75) is 33.2 Å². The van der Waals surface area contributed by atoms with E-state index in [1.165, 1.54) is 0 Å². The summed E-state index contributed by atoms with van der Waals surface area (Å²) in [6.45, 7) is 6.35. The molecule has 0 aromatic heterocycles. The lowest BCUT2D eigenvalue weighted by atomic mass is 10.2. The molecule has 1 rings (SSSR count). The van der Waals surface area contributed by atoms with E-state index in [9.17, 15) is 9.59 Å². The molecule has 6 heteroatoms. The number of aliphatic hydroxyl groups excluding tert-OH is 1. The second-order valence-electron chi connectivity index (χ2n) is 5.44. The number of ether oxygens (including phenoxy) is 1. The van der Waals surface area contributed by atoms with Crippen molar-refractivity contribution in [3.63, 3.8) is 0 Å². The Morgan fingerprint density at radius 2 is 1.82 bits per heavy atom. The zero-order valence-electron chi connectivity index (χ0n) is 13.3. The van der Waals surface area contributed by atoms with Crippen LogP contribution in [0.1, 0.15) is 27.2 Å². The van der Waals surface area contributed by atoms with Crippen LogP contribution >= 0.6 is 0 Å². The van der Waals surface area contributed by atoms with Crippen molar-refractivity contribution < 1.29 is 19.4 Å². The number of nitrogens with one attached hydrogen (secondary N) is 2. The van der Waals surface area contributed by atoms with Crippen molar-refractivity contribution >= 4 is 17.5 Å². The predicted octanol–water partition coefficient (Wildman–Crippen LogP) is 1.55. The van der Waals surface area contributed by atoms with E-state index in [0.29, 0.717) is 30.4 Å². The molecule has 122 valence electrons. The minimum absolute atomic E-state index is 0.197. The summed E-state index contributed by atoms with van der Waals surface area (Å²) in [7, 11) is 0. The molecule has 0 heterocycles. The quantitative estimate of drug-likeness (QED) is 0.667. The van der Waals surface area contributed by atoms with Crippen LogP contribution in [0.25, 0.3) is 0 Å². The Hall–Kier alpha value is -2.08. The average Bonchev–Trinajstić information content (AvgIpc) is 2.51. The Labute approximate surface area is 130 Å². The maximum absolute atomic E-state index is 11.7. The highest BCUT2D eigenvalue weighted by Crippen LogP contribution is 2.16. The van der Waals surface area contributed by atoms with E-state index >= 15 is 0 Å². The summed E-state index contributed by atoms with van der Waals surface area (Å²) in [6.07, 6.45) is 0.553. The fourth-order valence-electron chi connectivity index (χ4n) is 1.61. The topological polar surface area (TPSA) is 87.7 Å². The van der Waals surface area contributed by atoms with Gasteiger partial charge in [-0.15, -0.1) is 0 Å². The molecule has 0 aliphatic rings. The lowest BCUT2D eigenvalue weighted by Gasteiger charge is -2.14. The Kier molecular flexibility index (Phi) is 7.39. The molecule has 0 saturated heterocycles. The van der Waals surface area contributed by atoms with Gasteiger partial charge in [-0.25, -0.2) is 0 Å². The van der Waals surface area contributed by atoms with Crippen LogP contribution in [0.2, 0.25) is 0 Å². The minimum atomic E-state index is -0.763. The number of carbonyl (C=O) groups is 2. The third-order valence-corrected chi connectivity index (χ3v) is 2.95. The molecule has 0 bridgehead atoms. The van der Waals surface area contributed by atoms with Crippen LogP contribution in [0, 0.1) is 5.92 Å². The molecule has 0 saturated carbocycles. The van der Waals surface area contributed by atoms with Gasteiger partial charge in [0.1, 0.15) is 5.75 Å². The average molecular weight is 308 g/mol. The molecule has 1 aromatic rings. The van der Waals surface area contributed by atoms with Gasteiger partial charge in [-0.2, -0.15) is 0 Å². The molecule has 3 N–H and O–H groups in total. The molecule has 0 unspecified atom stereocenters. The molecule has 0 aliphatic heterocycles. The molecule has 0 aliphatic carbocycles. The molecule has 0 fully saturated rings. The van der Waals surface area contributed by atoms with Gasteiger partial charge in [0.2, 0.25) is 0 Å². The van der Waals surface area contributed by atoms with Crippen LogP contribution in [-0.2, 0) is 9.59 Å². The smallest absolute Gasteiger partial charge is 0.313 e. The number of benzene rings is 1. The van der Waals surface area contributed by atoms with Crippen LogP contribution in [0.5, 0.6) is 5.75 Å². The van der Waals surface area contributed by atoms with Gasteiger partial charge < -0.3 is 20.5 Å². The fraction of sp³-hybridized carbons (Fsp3) is 0.500. The highest BCUT2D eigenvalue weighted by molar-refractivity contribution is 6.39. The maximum Gasteiger partial charge on any atom is 0.313 e. The van der Waals surface area contributed by atoms with Crippen LogP contribution in [0.15, 0.2) is 24.3 Å². The molecule has 0 radical (unpaired) electrons. The van der Waals surface area contributed by atoms with Gasteiger partial charge in [-0.1, -0.05) is 20.8 Å². The van der Waals surface area contributed by atoms with Crippen molar-refractivity contribution in [1.82, 2.24) is 5.32 Å². The van der Waals surface area contributed by atoms with Crippen LogP contribution in [0.4, 0.5) is 5.69 Å². The lowest BCUT2D eigenvalue weighted by molar-refractivity contribution is -0.136. The van der Waals surface area contributed by atoms with Crippen molar-refractivity contribution in [3.8, 4) is 5.75 Å². The Balaban J connectivity index is 2.52. The number of hydrogen-bond acceptors (Lipinski definition) is 4. The van der Waals surface area contributed by atoms with Crippen LogP contribution in [-0.4, -0.2) is 36.2 Å². The standard InChI is InChI=1S/C16H24N2O4/c1-4-12(9-19)17-15(20)16(21)18-13-5-7-14(8-6-13)22-10-11(2)3/h5-8,11-12,19H,4,9-10H2,1-3H3,(H,17,20)(H,18,21)/t12-/m1/s1. The highest BCUT2D eigenvalue weighted by atomic mass is 16.5. The van der Waals surface area contributed by atoms with Crippen LogP contribution in [0.3, 0.4) is 0 Å². The van der Waals surface area contributed by atoms with E-state index < -0.39 is 17.9 Å². The summed E-state index contributed by atoms with van der Waals surface area (Å²) in [6, 6.07) is 6.40. The van der Waals surface area contributed by atoms with Gasteiger partial charge in [-0.3, -0.25) is 9.59 Å². The molecule has 1 atom stereocenters. The largest absolute Gasteiger partial charge is 0.493 e. The molecular formula is C16H24N2O4. The summed E-state index contributed by atoms with van der Waals surface area (Å²) < 4.78 is 5.54. The molecule has 0 spiro atoms. The third kappa shape index (κ3) is 6.13. The zero-order valence-corrected chi connectivity index (χ0v) is 13.3. The number of amides is 2. The van der Waals surface area contributed by atoms with E-state index in [4.69, 9.17) is 9.84 Å². The number of aliphatic hydroxyl groups is 1. The Morgan fingerprint density at radius 1 is 1.18 bits per heavy atom. The first-order valence-electron chi connectivity index (χ1n) is 7.41. The second kappa shape index (κ2) is 9.04. The van der Waals surface area contributed by atoms with Gasteiger partial charge in [0.15, 0.2) is 0 Å². The van der Waals surface area contributed by atoms with E-state index in [1.807, 2.05) is 6.92 Å². The van der Waals surface area contributed by atoms with Crippen molar-refractivity contribution in [1.29, 1.82) is 0 Å². The SMILES string of the molecule is CC[C@H](CO)NC(=O)C(=O)Nc1ccc(OCC(C)C)cc1. The summed E-state index contributed by atoms with van der Waals surface area (Å²) in [5, 5.41) is 14.0. The predicted molar refractivity (Wildman–Crippen MR) is 84.7 cm³/mol. The molecule has 1 aromatic carbocycles. The number of carbonyl (C=O) groups excluding carboxylic acids is 2. The Morgan fingerprint density at radius 3 is 2.32 bits per heavy atom. The normalized spacial score (nSPS) is 11.9. The van der Waals surface area contributed by atoms with Gasteiger partial charge in [0.05, 0.1) is 19.3 Å². The minimum Gasteiger partial charge on any atom is -0.493 e. The Bertz CT molecular complexity index is 481. The summed E-state index contributed by atoms with van der Waals surface area (Å²) in [5.41, 5.74) is 0.508. The number of rotatable bonds is 7. The summed E-state index contributed by atoms with van der Waals surface area (Å²) in [4.78, 5) is 23.4. The van der Waals surface area contributed by atoms with E-state index in [0.717, 1.165) is 0 Å². The summed E-state index contributed by atoms with van der Waals surface area (Å²) >= 11 is 0. The van der Waals surface area contributed by atoms with Crippen molar-refractivity contribution in [2.24, 2.45) is 5.92 Å². The van der Waals surface area contributed by atoms with Crippen molar-refractivity contribution in [2.75, 3.05) is 18.5 Å². The van der Waals surface area contributed by atoms with Gasteiger partial charge >= 0.3 is 11.8 Å². The maximum atomic E-state index is 11.7. The lowest BCUT2D eigenvalue weighted by Crippen LogP contribution is -2.43. The van der Waals surface area contributed by atoms with E-state index in [1.54, 1.807) is 24.3 Å². The van der Waals surface area contributed by atoms with Gasteiger partial charge in [0, 0.05) is 5.69 Å². The van der Waals surface area contributed by atoms with Crippen molar-refractivity contribution in [3.05, 3.63) is 24.3 Å². The van der Waals surface area contributed by atoms with E-state index in [-0.39, 0.29) is 6.61 Å². The molecule has 22 heavy (non-hydrogen) atoms. The van der Waals surface area contributed by atoms with Gasteiger partial charge in [0.25, 0.3) is 0 Å². The first-order chi connectivity index (χ1) is 10.5. The highest BCUT2D eigenvalue weighted by Gasteiger charge is 2.17. The van der Waals surface area contributed by atoms with E-state index in [2.05, 4.69) is 24.5 Å². The number of anilines is 1. The first-order valence-corrected chi connectivity index (χ1v) is 7.41. The third-order valence-electron chi connectivity index (χ3n) is 2.95. The molecular weight excluding hydrogens is 284 g/mol. The zero-order chi connectivity index (χ0) is 16.5. The molecule has 2 amide bonds. The van der Waals surface area contributed by atoms with Crippen LogP contribution < -0.4 is 15.4 Å². The second-order valence-corrected chi connectivity index (χ2v) is 5.44. The molecule has 6 nitrogen and oxygen atoms in total. The summed E-state index contributed by atoms with van der Waals surface area (Å²) in [5.74, 6) is -0.382. The number of hydrogen-bond donors (Lipinski definition) is 3.